The first-order valence-corrected chi connectivity index (χ1v) is 14.6. The van der Waals surface area contributed by atoms with Gasteiger partial charge in [0.1, 0.15) is 17.2 Å². The Balaban J connectivity index is 1.45. The first kappa shape index (κ1) is 27.6. The van der Waals surface area contributed by atoms with Crippen molar-refractivity contribution in [3.05, 3.63) is 89.4 Å². The van der Waals surface area contributed by atoms with E-state index in [1.54, 1.807) is 18.2 Å². The lowest BCUT2D eigenvalue weighted by atomic mass is 10.0. The highest BCUT2D eigenvalue weighted by molar-refractivity contribution is 7.90. The van der Waals surface area contributed by atoms with Crippen LogP contribution < -0.4 is 5.32 Å². The molecule has 2 aliphatic rings. The fourth-order valence-electron chi connectivity index (χ4n) is 5.12. The Morgan fingerprint density at radius 3 is 2.58 bits per heavy atom. The van der Waals surface area contributed by atoms with Gasteiger partial charge in [0.15, 0.2) is 6.04 Å². The Labute approximate surface area is 233 Å². The van der Waals surface area contributed by atoms with Crippen molar-refractivity contribution in [2.75, 3.05) is 26.2 Å². The molecule has 10 nitrogen and oxygen atoms in total. The van der Waals surface area contributed by atoms with Gasteiger partial charge in [0.05, 0.1) is 17.9 Å². The molecule has 0 spiro atoms. The Morgan fingerprint density at radius 1 is 1.10 bits per heavy atom. The van der Waals surface area contributed by atoms with Crippen LogP contribution in [0.3, 0.4) is 0 Å². The van der Waals surface area contributed by atoms with Gasteiger partial charge >= 0.3 is 0 Å². The largest absolute Gasteiger partial charge is 0.467 e. The van der Waals surface area contributed by atoms with Gasteiger partial charge in [-0.05, 0) is 61.6 Å². The number of nitrogens with zero attached hydrogens (tertiary/aromatic N) is 2. The molecule has 2 aromatic carbocycles. The Bertz CT molecular complexity index is 1500. The summed E-state index contributed by atoms with van der Waals surface area (Å²) in [6, 6.07) is 15.6. The topological polar surface area (TPSA) is 126 Å². The van der Waals surface area contributed by atoms with Crippen molar-refractivity contribution in [3.8, 4) is 0 Å². The minimum Gasteiger partial charge on any atom is -0.467 e. The summed E-state index contributed by atoms with van der Waals surface area (Å²) in [5, 5.41) is 2.87. The van der Waals surface area contributed by atoms with Crippen LogP contribution in [0, 0.1) is 6.92 Å². The number of fused-ring (bicyclic) bond motifs is 1. The van der Waals surface area contributed by atoms with Crippen molar-refractivity contribution in [3.63, 3.8) is 0 Å². The highest BCUT2D eigenvalue weighted by Gasteiger charge is 2.44. The van der Waals surface area contributed by atoms with Gasteiger partial charge in [-0.1, -0.05) is 36.4 Å². The van der Waals surface area contributed by atoms with E-state index < -0.39 is 40.3 Å². The average Bonchev–Trinajstić information content (AvgIpc) is 3.70. The Kier molecular flexibility index (Phi) is 8.04. The summed E-state index contributed by atoms with van der Waals surface area (Å²) in [5.41, 5.74) is 1.99. The summed E-state index contributed by atoms with van der Waals surface area (Å²) in [4.78, 5) is 41.7. The number of benzene rings is 2. The van der Waals surface area contributed by atoms with Crippen LogP contribution in [-0.4, -0.2) is 67.7 Å². The number of nitrogens with one attached hydrogen (secondary N) is 1. The lowest BCUT2D eigenvalue weighted by Crippen LogP contribution is -2.49. The number of furan rings is 1. The Hall–Kier alpha value is -3.96. The second kappa shape index (κ2) is 11.6. The molecule has 1 fully saturated rings. The monoisotopic (exact) mass is 565 g/mol. The first-order valence-electron chi connectivity index (χ1n) is 13.2. The van der Waals surface area contributed by atoms with E-state index in [1.807, 2.05) is 31.2 Å². The third-order valence-electron chi connectivity index (χ3n) is 7.30. The number of ether oxygens (including phenoxy) is 1. The molecule has 0 radical (unpaired) electrons. The quantitative estimate of drug-likeness (QED) is 0.401. The van der Waals surface area contributed by atoms with E-state index in [0.717, 1.165) is 24.0 Å². The fourth-order valence-corrected chi connectivity index (χ4v) is 6.64. The molecular formula is C29H31N3O7S. The van der Waals surface area contributed by atoms with E-state index in [2.05, 4.69) is 5.32 Å². The lowest BCUT2D eigenvalue weighted by Gasteiger charge is -2.31. The number of hydrogen-bond acceptors (Lipinski definition) is 7. The molecule has 1 N–H and O–H groups in total. The van der Waals surface area contributed by atoms with Gasteiger partial charge in [-0.25, -0.2) is 12.7 Å². The number of carbonyl (C=O) groups excluding carboxylic acids is 3. The molecule has 11 heteroatoms. The predicted octanol–water partition coefficient (Wildman–Crippen LogP) is 2.84. The van der Waals surface area contributed by atoms with Gasteiger partial charge < -0.3 is 19.4 Å². The predicted molar refractivity (Wildman–Crippen MR) is 145 cm³/mol. The van der Waals surface area contributed by atoms with Crippen molar-refractivity contribution >= 4 is 27.7 Å². The zero-order chi connectivity index (χ0) is 28.3. The standard InChI is InChI=1S/C29H31N3O7S/c1-20-8-2-3-9-21(20)14-15-31(26(33)19-32-29(35)23-11-4-5-13-25(23)40(32,36)37)27(24-12-7-17-39-24)28(34)30-18-22-10-6-16-38-22/h2-5,7-9,11-13,17,22,27H,6,10,14-16,18-19H2,1H3,(H,30,34). The van der Waals surface area contributed by atoms with E-state index in [0.29, 0.717) is 17.3 Å². The third kappa shape index (κ3) is 5.52. The summed E-state index contributed by atoms with van der Waals surface area (Å²) >= 11 is 0. The molecule has 5 rings (SSSR count). The minimum atomic E-state index is -4.22. The Morgan fingerprint density at radius 2 is 1.88 bits per heavy atom. The summed E-state index contributed by atoms with van der Waals surface area (Å²) in [5.74, 6) is -1.74. The van der Waals surface area contributed by atoms with Crippen LogP contribution in [0.4, 0.5) is 0 Å². The van der Waals surface area contributed by atoms with Crippen LogP contribution >= 0.6 is 0 Å². The number of hydrogen-bond donors (Lipinski definition) is 1. The van der Waals surface area contributed by atoms with E-state index in [-0.39, 0.29) is 35.4 Å². The molecule has 1 aromatic heterocycles. The molecule has 0 saturated carbocycles. The maximum atomic E-state index is 13.9. The van der Waals surface area contributed by atoms with Crippen LogP contribution in [-0.2, 0) is 30.8 Å². The number of sulfonamides is 1. The molecule has 40 heavy (non-hydrogen) atoms. The zero-order valence-corrected chi connectivity index (χ0v) is 22.9. The third-order valence-corrected chi connectivity index (χ3v) is 9.08. The molecule has 3 amide bonds. The second-order valence-corrected chi connectivity index (χ2v) is 11.7. The number of aryl methyl sites for hydroxylation is 1. The summed E-state index contributed by atoms with van der Waals surface area (Å²) in [6.07, 6.45) is 3.41. The van der Waals surface area contributed by atoms with E-state index >= 15 is 0 Å². The maximum Gasteiger partial charge on any atom is 0.269 e. The van der Waals surface area contributed by atoms with Gasteiger partial charge in [0.25, 0.3) is 21.8 Å². The van der Waals surface area contributed by atoms with E-state index in [4.69, 9.17) is 9.15 Å². The summed E-state index contributed by atoms with van der Waals surface area (Å²) in [7, 11) is -4.22. The van der Waals surface area contributed by atoms with Gasteiger partial charge in [0.2, 0.25) is 5.91 Å². The highest BCUT2D eigenvalue weighted by Crippen LogP contribution is 2.31. The van der Waals surface area contributed by atoms with Crippen molar-refractivity contribution < 1.29 is 32.0 Å². The van der Waals surface area contributed by atoms with Crippen molar-refractivity contribution in [1.29, 1.82) is 0 Å². The summed E-state index contributed by atoms with van der Waals surface area (Å²) < 4.78 is 38.2. The molecule has 3 aromatic rings. The van der Waals surface area contributed by atoms with Crippen molar-refractivity contribution in [1.82, 2.24) is 14.5 Å². The molecular weight excluding hydrogens is 534 g/mol. The normalized spacial score (nSPS) is 18.4. The molecule has 2 unspecified atom stereocenters. The van der Waals surface area contributed by atoms with Gasteiger partial charge in [-0.2, -0.15) is 0 Å². The minimum absolute atomic E-state index is 0.0126. The van der Waals surface area contributed by atoms with E-state index in [1.165, 1.54) is 29.4 Å². The van der Waals surface area contributed by atoms with Crippen LogP contribution in [0.25, 0.3) is 0 Å². The molecule has 2 aliphatic heterocycles. The summed E-state index contributed by atoms with van der Waals surface area (Å²) in [6.45, 7) is 2.18. The molecule has 210 valence electrons. The molecule has 0 bridgehead atoms. The van der Waals surface area contributed by atoms with Gasteiger partial charge in [0, 0.05) is 19.7 Å². The number of carbonyl (C=O) groups is 3. The molecule has 2 atom stereocenters. The van der Waals surface area contributed by atoms with Crippen LogP contribution in [0.15, 0.2) is 76.2 Å². The van der Waals surface area contributed by atoms with Crippen molar-refractivity contribution in [2.24, 2.45) is 0 Å². The first-order chi connectivity index (χ1) is 19.3. The average molecular weight is 566 g/mol. The molecule has 3 heterocycles. The fraction of sp³-hybridized carbons (Fsp3) is 0.345. The van der Waals surface area contributed by atoms with Crippen LogP contribution in [0.5, 0.6) is 0 Å². The number of rotatable bonds is 10. The van der Waals surface area contributed by atoms with Crippen LogP contribution in [0.2, 0.25) is 0 Å². The van der Waals surface area contributed by atoms with E-state index in [9.17, 15) is 22.8 Å². The van der Waals surface area contributed by atoms with Gasteiger partial charge in [-0.15, -0.1) is 0 Å². The number of amides is 3. The SMILES string of the molecule is Cc1ccccc1CCN(C(=O)CN1C(=O)c2ccccc2S1(=O)=O)C(C(=O)NCC1CCCO1)c1ccco1. The molecule has 0 aliphatic carbocycles. The van der Waals surface area contributed by atoms with Crippen LogP contribution in [0.1, 0.15) is 46.1 Å². The second-order valence-electron chi connectivity index (χ2n) is 9.87. The lowest BCUT2D eigenvalue weighted by molar-refractivity contribution is -0.141. The smallest absolute Gasteiger partial charge is 0.269 e. The van der Waals surface area contributed by atoms with Crippen molar-refractivity contribution in [2.45, 2.75) is 43.2 Å². The zero-order valence-electron chi connectivity index (χ0n) is 22.1. The molecule has 1 saturated heterocycles. The van der Waals surface area contributed by atoms with Gasteiger partial charge in [-0.3, -0.25) is 14.4 Å². The maximum absolute atomic E-state index is 13.9. The highest BCUT2D eigenvalue weighted by atomic mass is 32.2.